The topological polar surface area (TPSA) is 99.2 Å². The van der Waals surface area contributed by atoms with Crippen molar-refractivity contribution >= 4 is 22.8 Å². The summed E-state index contributed by atoms with van der Waals surface area (Å²) in [6, 6.07) is 3.62. The molecule has 0 fully saturated rings. The van der Waals surface area contributed by atoms with Crippen LogP contribution in [0.25, 0.3) is 16.7 Å². The van der Waals surface area contributed by atoms with Gasteiger partial charge in [-0.05, 0) is 26.0 Å². The molecular formula is C20H19F3N4O3. The Morgan fingerprint density at radius 2 is 1.93 bits per heavy atom. The molecule has 2 aromatic heterocycles. The Morgan fingerprint density at radius 1 is 1.27 bits per heavy atom. The summed E-state index contributed by atoms with van der Waals surface area (Å²) < 4.78 is 48.2. The van der Waals surface area contributed by atoms with Crippen molar-refractivity contribution in [2.24, 2.45) is 5.73 Å². The Labute approximate surface area is 169 Å². The van der Waals surface area contributed by atoms with Crippen LogP contribution in [0.15, 0.2) is 35.3 Å². The third kappa shape index (κ3) is 4.13. The number of rotatable bonds is 6. The van der Waals surface area contributed by atoms with Crippen LogP contribution in [-0.4, -0.2) is 34.7 Å². The van der Waals surface area contributed by atoms with Crippen molar-refractivity contribution < 1.29 is 22.7 Å². The molecule has 3 rings (SSSR count). The number of hydrogen-bond acceptors (Lipinski definition) is 6. The van der Waals surface area contributed by atoms with Crippen LogP contribution in [0.4, 0.5) is 19.0 Å². The highest BCUT2D eigenvalue weighted by molar-refractivity contribution is 5.93. The first-order chi connectivity index (χ1) is 14.2. The lowest BCUT2D eigenvalue weighted by Crippen LogP contribution is -2.26. The number of ether oxygens (including phenoxy) is 1. The number of carbonyl (C=O) groups excluding carboxylic acids is 1. The van der Waals surface area contributed by atoms with Crippen LogP contribution in [-0.2, 0) is 4.74 Å². The lowest BCUT2D eigenvalue weighted by atomic mass is 10.1. The van der Waals surface area contributed by atoms with E-state index < -0.39 is 40.1 Å². The number of nitrogens with zero attached hydrogens (tertiary/aromatic N) is 2. The zero-order valence-corrected chi connectivity index (χ0v) is 16.2. The van der Waals surface area contributed by atoms with Crippen LogP contribution >= 0.6 is 0 Å². The van der Waals surface area contributed by atoms with Gasteiger partial charge in [-0.1, -0.05) is 0 Å². The van der Waals surface area contributed by atoms with Crippen LogP contribution < -0.4 is 16.5 Å². The number of halogens is 3. The average molecular weight is 420 g/mol. The number of hydrogen-bond donors (Lipinski definition) is 2. The number of fused-ring (bicyclic) bond motifs is 1. The molecule has 158 valence electrons. The van der Waals surface area contributed by atoms with E-state index in [0.717, 1.165) is 10.8 Å². The molecule has 10 heteroatoms. The number of carbonyl (C=O) groups is 1. The molecule has 0 aliphatic carbocycles. The largest absolute Gasteiger partial charge is 0.462 e. The molecule has 0 spiro atoms. The lowest BCUT2D eigenvalue weighted by Gasteiger charge is -2.15. The Hall–Kier alpha value is -3.40. The Morgan fingerprint density at radius 3 is 2.53 bits per heavy atom. The summed E-state index contributed by atoms with van der Waals surface area (Å²) in [5, 5.41) is 2.87. The number of nitrogens with one attached hydrogen (secondary N) is 1. The summed E-state index contributed by atoms with van der Waals surface area (Å²) in [5.41, 5.74) is 3.73. The van der Waals surface area contributed by atoms with E-state index in [1.54, 1.807) is 13.8 Å². The van der Waals surface area contributed by atoms with Gasteiger partial charge in [-0.15, -0.1) is 0 Å². The van der Waals surface area contributed by atoms with E-state index in [-0.39, 0.29) is 23.7 Å². The Balaban J connectivity index is 2.34. The molecule has 0 saturated heterocycles. The van der Waals surface area contributed by atoms with E-state index in [9.17, 15) is 22.8 Å². The van der Waals surface area contributed by atoms with Gasteiger partial charge < -0.3 is 15.8 Å². The van der Waals surface area contributed by atoms with E-state index >= 15 is 0 Å². The van der Waals surface area contributed by atoms with Crippen LogP contribution in [0.2, 0.25) is 0 Å². The molecule has 0 unspecified atom stereocenters. The van der Waals surface area contributed by atoms with Gasteiger partial charge in [0.25, 0.3) is 0 Å². The molecule has 7 nitrogen and oxygen atoms in total. The highest BCUT2D eigenvalue weighted by Gasteiger charge is 2.22. The maximum absolute atomic E-state index is 14.5. The highest BCUT2D eigenvalue weighted by atomic mass is 19.1. The summed E-state index contributed by atoms with van der Waals surface area (Å²) in [7, 11) is 0. The van der Waals surface area contributed by atoms with Crippen LogP contribution in [0.3, 0.4) is 0 Å². The average Bonchev–Trinajstić information content (AvgIpc) is 2.67. The number of esters is 1. The summed E-state index contributed by atoms with van der Waals surface area (Å²) in [4.78, 5) is 29.3. The van der Waals surface area contributed by atoms with Gasteiger partial charge in [-0.3, -0.25) is 9.36 Å². The standard InChI is InChI=1S/C20H19F3N4O3/c1-3-30-20(29)13-9-27(17-14(22)6-11(21)7-15(17)23)19-12(18(13)28)4-5-16(26-19)25-8-10(2)24/h4-7,9-10H,3,8,24H2,1-2H3,(H,25,26)/t10-/m1/s1. The van der Waals surface area contributed by atoms with Crippen LogP contribution in [0, 0.1) is 17.5 Å². The molecule has 0 aliphatic rings. The van der Waals surface area contributed by atoms with E-state index in [2.05, 4.69) is 10.3 Å². The van der Waals surface area contributed by atoms with Gasteiger partial charge in [0.05, 0.1) is 12.0 Å². The van der Waals surface area contributed by atoms with Gasteiger partial charge in [0.15, 0.2) is 17.3 Å². The third-order valence-corrected chi connectivity index (χ3v) is 4.17. The first kappa shape index (κ1) is 21.3. The highest BCUT2D eigenvalue weighted by Crippen LogP contribution is 2.24. The number of aromatic nitrogens is 2. The fourth-order valence-electron chi connectivity index (χ4n) is 2.86. The van der Waals surface area contributed by atoms with E-state index in [4.69, 9.17) is 10.5 Å². The van der Waals surface area contributed by atoms with Crippen molar-refractivity contribution in [3.05, 3.63) is 63.7 Å². The molecule has 1 atom stereocenters. The van der Waals surface area contributed by atoms with E-state index in [1.807, 2.05) is 0 Å². The molecule has 3 N–H and O–H groups in total. The van der Waals surface area contributed by atoms with Crippen molar-refractivity contribution in [2.75, 3.05) is 18.5 Å². The maximum Gasteiger partial charge on any atom is 0.343 e. The second kappa shape index (κ2) is 8.54. The monoisotopic (exact) mass is 420 g/mol. The second-order valence-electron chi connectivity index (χ2n) is 6.61. The summed E-state index contributed by atoms with van der Waals surface area (Å²) in [6.45, 7) is 3.66. The van der Waals surface area contributed by atoms with Crippen LogP contribution in [0.5, 0.6) is 0 Å². The number of anilines is 1. The minimum absolute atomic E-state index is 0.00599. The minimum Gasteiger partial charge on any atom is -0.462 e. The first-order valence-electron chi connectivity index (χ1n) is 9.10. The van der Waals surface area contributed by atoms with E-state index in [1.165, 1.54) is 12.1 Å². The molecule has 0 saturated carbocycles. The number of benzene rings is 1. The SMILES string of the molecule is CCOC(=O)c1cn(-c2c(F)cc(F)cc2F)c2nc(NC[C@@H](C)N)ccc2c1=O. The fraction of sp³-hybridized carbons (Fsp3) is 0.250. The molecule has 0 radical (unpaired) electrons. The summed E-state index contributed by atoms with van der Waals surface area (Å²) >= 11 is 0. The van der Waals surface area contributed by atoms with Crippen molar-refractivity contribution in [3.8, 4) is 5.69 Å². The zero-order chi connectivity index (χ0) is 22.0. The number of pyridine rings is 2. The molecule has 3 aromatic rings. The van der Waals surface area contributed by atoms with Crippen LogP contribution in [0.1, 0.15) is 24.2 Å². The molecule has 0 aliphatic heterocycles. The Bertz CT molecular complexity index is 1150. The number of nitrogens with two attached hydrogens (primary N) is 1. The zero-order valence-electron chi connectivity index (χ0n) is 16.2. The Kier molecular flexibility index (Phi) is 6.06. The van der Waals surface area contributed by atoms with Gasteiger partial charge in [0.1, 0.15) is 22.9 Å². The van der Waals surface area contributed by atoms with Gasteiger partial charge in [0.2, 0.25) is 5.43 Å². The minimum atomic E-state index is -1.23. The van der Waals surface area contributed by atoms with Gasteiger partial charge in [0, 0.05) is 30.9 Å². The summed E-state index contributed by atoms with van der Waals surface area (Å²) in [6.07, 6.45) is 0.935. The molecule has 30 heavy (non-hydrogen) atoms. The van der Waals surface area contributed by atoms with Gasteiger partial charge >= 0.3 is 5.97 Å². The predicted molar refractivity (Wildman–Crippen MR) is 105 cm³/mol. The van der Waals surface area contributed by atoms with Crippen molar-refractivity contribution in [1.82, 2.24) is 9.55 Å². The fourth-order valence-corrected chi connectivity index (χ4v) is 2.86. The smallest absolute Gasteiger partial charge is 0.343 e. The lowest BCUT2D eigenvalue weighted by molar-refractivity contribution is 0.0524. The third-order valence-electron chi connectivity index (χ3n) is 4.17. The van der Waals surface area contributed by atoms with Crippen molar-refractivity contribution in [1.29, 1.82) is 0 Å². The molecule has 1 aromatic carbocycles. The van der Waals surface area contributed by atoms with Crippen molar-refractivity contribution in [3.63, 3.8) is 0 Å². The first-order valence-corrected chi connectivity index (χ1v) is 9.10. The quantitative estimate of drug-likeness (QED) is 0.595. The second-order valence-corrected chi connectivity index (χ2v) is 6.61. The van der Waals surface area contributed by atoms with E-state index in [0.29, 0.717) is 24.5 Å². The molecule has 0 bridgehead atoms. The van der Waals surface area contributed by atoms with Gasteiger partial charge in [-0.2, -0.15) is 0 Å². The predicted octanol–water partition coefficient (Wildman–Crippen LogP) is 2.74. The maximum atomic E-state index is 14.5. The molecule has 0 amide bonds. The summed E-state index contributed by atoms with van der Waals surface area (Å²) in [5.74, 6) is -4.25. The molecule has 2 heterocycles. The van der Waals surface area contributed by atoms with Gasteiger partial charge in [-0.25, -0.2) is 22.9 Å². The molecular weight excluding hydrogens is 401 g/mol. The normalized spacial score (nSPS) is 12.1. The van der Waals surface area contributed by atoms with Crippen molar-refractivity contribution in [2.45, 2.75) is 19.9 Å².